The summed E-state index contributed by atoms with van der Waals surface area (Å²) in [5.74, 6) is 0.891. The maximum Gasteiger partial charge on any atom is 0.224 e. The van der Waals surface area contributed by atoms with Crippen LogP contribution in [0.5, 0.6) is 0 Å². The molecule has 0 saturated heterocycles. The maximum atomic E-state index is 12.0. The molecule has 0 unspecified atom stereocenters. The molecule has 2 N–H and O–H groups in total. The fraction of sp³-hybridized carbons (Fsp3) is 0.222. The van der Waals surface area contributed by atoms with Gasteiger partial charge in [-0.3, -0.25) is 4.79 Å². The second kappa shape index (κ2) is 6.84. The van der Waals surface area contributed by atoms with Crippen molar-refractivity contribution in [3.05, 3.63) is 64.4 Å². The highest BCUT2D eigenvalue weighted by Gasteiger charge is 2.06. The zero-order valence-corrected chi connectivity index (χ0v) is 13.7. The Bertz CT molecular complexity index is 841. The van der Waals surface area contributed by atoms with Gasteiger partial charge in [0.15, 0.2) is 0 Å². The summed E-state index contributed by atoms with van der Waals surface area (Å²) in [5, 5.41) is 3.56. The molecule has 1 amide bonds. The summed E-state index contributed by atoms with van der Waals surface area (Å²) < 4.78 is 0. The molecule has 0 aliphatic heterocycles. The summed E-state index contributed by atoms with van der Waals surface area (Å²) in [7, 11) is 0. The number of aromatic nitrogens is 2. The highest BCUT2D eigenvalue weighted by Crippen LogP contribution is 2.15. The minimum absolute atomic E-state index is 0.0171. The normalized spacial score (nSPS) is 10.9. The molecule has 2 aromatic carbocycles. The molecule has 3 rings (SSSR count). The third kappa shape index (κ3) is 3.90. The number of nitrogens with zero attached hydrogens (tertiary/aromatic N) is 1. The van der Waals surface area contributed by atoms with Crippen molar-refractivity contribution < 1.29 is 4.79 Å². The van der Waals surface area contributed by atoms with Gasteiger partial charge >= 0.3 is 0 Å². The predicted octanol–water partition coefficient (Wildman–Crippen LogP) is 3.43. The SMILES string of the molecule is Cc1nc2ccc(CCNC(=O)Cc3ccccc3Cl)cc2[nH]1. The molecule has 5 heteroatoms. The highest BCUT2D eigenvalue weighted by molar-refractivity contribution is 6.31. The van der Waals surface area contributed by atoms with Gasteiger partial charge in [-0.05, 0) is 42.7 Å². The van der Waals surface area contributed by atoms with Crippen LogP contribution in [0.2, 0.25) is 5.02 Å². The van der Waals surface area contributed by atoms with Crippen LogP contribution in [0.25, 0.3) is 11.0 Å². The third-order valence-electron chi connectivity index (χ3n) is 3.71. The van der Waals surface area contributed by atoms with E-state index in [0.717, 1.165) is 28.8 Å². The molecule has 3 aromatic rings. The number of aryl methyl sites for hydroxylation is 1. The first-order valence-electron chi connectivity index (χ1n) is 7.57. The van der Waals surface area contributed by atoms with Crippen LogP contribution in [-0.2, 0) is 17.6 Å². The third-order valence-corrected chi connectivity index (χ3v) is 4.08. The van der Waals surface area contributed by atoms with E-state index in [4.69, 9.17) is 11.6 Å². The predicted molar refractivity (Wildman–Crippen MR) is 92.7 cm³/mol. The van der Waals surface area contributed by atoms with Gasteiger partial charge in [0.1, 0.15) is 5.82 Å². The summed E-state index contributed by atoms with van der Waals surface area (Å²) in [5.41, 5.74) is 4.01. The lowest BCUT2D eigenvalue weighted by Gasteiger charge is -2.07. The molecule has 0 radical (unpaired) electrons. The van der Waals surface area contributed by atoms with E-state index in [1.165, 1.54) is 5.56 Å². The Morgan fingerprint density at radius 1 is 1.26 bits per heavy atom. The summed E-state index contributed by atoms with van der Waals surface area (Å²) in [4.78, 5) is 19.6. The molecular formula is C18H18ClN3O. The van der Waals surface area contributed by atoms with E-state index in [9.17, 15) is 4.79 Å². The lowest BCUT2D eigenvalue weighted by atomic mass is 10.1. The van der Waals surface area contributed by atoms with Crippen LogP contribution in [0.4, 0.5) is 0 Å². The van der Waals surface area contributed by atoms with E-state index >= 15 is 0 Å². The zero-order valence-electron chi connectivity index (χ0n) is 12.9. The fourth-order valence-electron chi connectivity index (χ4n) is 2.56. The van der Waals surface area contributed by atoms with Crippen molar-refractivity contribution in [2.75, 3.05) is 6.54 Å². The van der Waals surface area contributed by atoms with E-state index in [-0.39, 0.29) is 5.91 Å². The van der Waals surface area contributed by atoms with Crippen molar-refractivity contribution in [2.24, 2.45) is 0 Å². The minimum atomic E-state index is -0.0171. The van der Waals surface area contributed by atoms with E-state index in [1.807, 2.05) is 37.3 Å². The van der Waals surface area contributed by atoms with Crippen LogP contribution >= 0.6 is 11.6 Å². The number of nitrogens with one attached hydrogen (secondary N) is 2. The van der Waals surface area contributed by atoms with Gasteiger partial charge < -0.3 is 10.3 Å². The number of benzene rings is 2. The molecule has 0 aliphatic carbocycles. The molecule has 1 aromatic heterocycles. The van der Waals surface area contributed by atoms with Crippen molar-refractivity contribution in [2.45, 2.75) is 19.8 Å². The molecule has 23 heavy (non-hydrogen) atoms. The molecule has 118 valence electrons. The molecule has 0 saturated carbocycles. The van der Waals surface area contributed by atoms with Crippen LogP contribution in [0, 0.1) is 6.92 Å². The topological polar surface area (TPSA) is 57.8 Å². The van der Waals surface area contributed by atoms with Gasteiger partial charge in [0.25, 0.3) is 0 Å². The first-order valence-corrected chi connectivity index (χ1v) is 7.95. The Kier molecular flexibility index (Phi) is 4.63. The Balaban J connectivity index is 1.53. The van der Waals surface area contributed by atoms with Crippen LogP contribution in [0.1, 0.15) is 17.0 Å². The molecule has 1 heterocycles. The second-order valence-electron chi connectivity index (χ2n) is 5.54. The van der Waals surface area contributed by atoms with E-state index < -0.39 is 0 Å². The molecule has 0 bridgehead atoms. The van der Waals surface area contributed by atoms with E-state index in [2.05, 4.69) is 21.4 Å². The Morgan fingerprint density at radius 3 is 2.91 bits per heavy atom. The fourth-order valence-corrected chi connectivity index (χ4v) is 2.77. The van der Waals surface area contributed by atoms with Gasteiger partial charge in [-0.15, -0.1) is 0 Å². The van der Waals surface area contributed by atoms with E-state index in [0.29, 0.717) is 18.0 Å². The van der Waals surface area contributed by atoms with Crippen LogP contribution in [0.15, 0.2) is 42.5 Å². The Morgan fingerprint density at radius 2 is 2.09 bits per heavy atom. The van der Waals surface area contributed by atoms with Gasteiger partial charge in [0.05, 0.1) is 17.5 Å². The summed E-state index contributed by atoms with van der Waals surface area (Å²) in [6.45, 7) is 2.54. The molecule has 0 spiro atoms. The first kappa shape index (κ1) is 15.6. The van der Waals surface area contributed by atoms with E-state index in [1.54, 1.807) is 6.07 Å². The molecule has 4 nitrogen and oxygen atoms in total. The standard InChI is InChI=1S/C18H18ClN3O/c1-12-21-16-7-6-13(10-17(16)22-12)8-9-20-18(23)11-14-4-2-3-5-15(14)19/h2-7,10H,8-9,11H2,1H3,(H,20,23)(H,21,22). The van der Waals surface area contributed by atoms with Gasteiger partial charge in [0, 0.05) is 11.6 Å². The monoisotopic (exact) mass is 327 g/mol. The maximum absolute atomic E-state index is 12.0. The number of carbonyl (C=O) groups is 1. The number of imidazole rings is 1. The van der Waals surface area contributed by atoms with Gasteiger partial charge in [-0.25, -0.2) is 4.98 Å². The number of carbonyl (C=O) groups excluding carboxylic acids is 1. The van der Waals surface area contributed by atoms with Gasteiger partial charge in [-0.2, -0.15) is 0 Å². The quantitative estimate of drug-likeness (QED) is 0.754. The number of fused-ring (bicyclic) bond motifs is 1. The molecule has 0 fully saturated rings. The number of amides is 1. The summed E-state index contributed by atoms with van der Waals surface area (Å²) in [6.07, 6.45) is 1.08. The number of halogens is 1. The Hall–Kier alpha value is -2.33. The van der Waals surface area contributed by atoms with Crippen molar-refractivity contribution in [3.8, 4) is 0 Å². The number of aromatic amines is 1. The minimum Gasteiger partial charge on any atom is -0.355 e. The highest BCUT2D eigenvalue weighted by atomic mass is 35.5. The molecule has 0 atom stereocenters. The van der Waals surface area contributed by atoms with Crippen molar-refractivity contribution >= 4 is 28.5 Å². The number of H-pyrrole nitrogens is 1. The van der Waals surface area contributed by atoms with Crippen LogP contribution in [0.3, 0.4) is 0 Å². The molecule has 0 aliphatic rings. The van der Waals surface area contributed by atoms with Crippen molar-refractivity contribution in [1.82, 2.24) is 15.3 Å². The number of hydrogen-bond acceptors (Lipinski definition) is 2. The largest absolute Gasteiger partial charge is 0.355 e. The average molecular weight is 328 g/mol. The summed E-state index contributed by atoms with van der Waals surface area (Å²) >= 11 is 6.07. The second-order valence-corrected chi connectivity index (χ2v) is 5.95. The zero-order chi connectivity index (χ0) is 16.2. The van der Waals surface area contributed by atoms with Crippen LogP contribution in [-0.4, -0.2) is 22.4 Å². The van der Waals surface area contributed by atoms with Gasteiger partial charge in [-0.1, -0.05) is 35.9 Å². The number of hydrogen-bond donors (Lipinski definition) is 2. The summed E-state index contributed by atoms with van der Waals surface area (Å²) in [6, 6.07) is 13.5. The first-order chi connectivity index (χ1) is 11.1. The Labute approximate surface area is 139 Å². The molecular weight excluding hydrogens is 310 g/mol. The number of rotatable bonds is 5. The van der Waals surface area contributed by atoms with Crippen molar-refractivity contribution in [3.63, 3.8) is 0 Å². The van der Waals surface area contributed by atoms with Crippen molar-refractivity contribution in [1.29, 1.82) is 0 Å². The lowest BCUT2D eigenvalue weighted by Crippen LogP contribution is -2.27. The van der Waals surface area contributed by atoms with Gasteiger partial charge in [0.2, 0.25) is 5.91 Å². The smallest absolute Gasteiger partial charge is 0.224 e. The average Bonchev–Trinajstić information content (AvgIpc) is 2.89. The lowest BCUT2D eigenvalue weighted by molar-refractivity contribution is -0.120. The van der Waals surface area contributed by atoms with Crippen LogP contribution < -0.4 is 5.32 Å².